The second-order valence-electron chi connectivity index (χ2n) is 5.12. The number of hydrogen-bond acceptors (Lipinski definition) is 7. The third kappa shape index (κ3) is 4.13. The first-order valence-electron chi connectivity index (χ1n) is 6.62. The molecule has 3 N–H and O–H groups in total. The molecule has 1 heterocycles. The Bertz CT molecular complexity index is 663. The Kier molecular flexibility index (Phi) is 4.96. The molecule has 122 valence electrons. The van der Waals surface area contributed by atoms with Crippen LogP contribution in [0.15, 0.2) is 23.1 Å². The highest BCUT2D eigenvalue weighted by molar-refractivity contribution is 7.89. The molecule has 1 aliphatic heterocycles. The predicted octanol–water partition coefficient (Wildman–Crippen LogP) is -0.0153. The van der Waals surface area contributed by atoms with Crippen LogP contribution in [-0.2, 0) is 14.8 Å². The van der Waals surface area contributed by atoms with Crippen molar-refractivity contribution in [1.29, 1.82) is 0 Å². The molecule has 0 unspecified atom stereocenters. The van der Waals surface area contributed by atoms with E-state index in [2.05, 4.69) is 10.2 Å². The highest BCUT2D eigenvalue weighted by Gasteiger charge is 2.21. The number of nitrogens with one attached hydrogen (secondary N) is 1. The Balaban J connectivity index is 2.15. The minimum absolute atomic E-state index is 0.0868. The number of nitrogens with two attached hydrogens (primary N) is 1. The average molecular weight is 330 g/mol. The lowest BCUT2D eigenvalue weighted by atomic mass is 10.2. The quantitative estimate of drug-likeness (QED) is 0.573. The van der Waals surface area contributed by atoms with E-state index in [1.807, 2.05) is 7.05 Å². The second kappa shape index (κ2) is 6.57. The molecule has 0 radical (unpaired) electrons. The van der Waals surface area contributed by atoms with Gasteiger partial charge in [-0.25, -0.2) is 13.6 Å². The van der Waals surface area contributed by atoms with Gasteiger partial charge in [0.05, 0.1) is 22.5 Å². The Morgan fingerprint density at radius 3 is 2.86 bits per heavy atom. The van der Waals surface area contributed by atoms with Crippen LogP contribution in [0.5, 0.6) is 0 Å². The molecule has 0 amide bonds. The summed E-state index contributed by atoms with van der Waals surface area (Å²) in [5, 5.41) is 19.0. The molecule has 0 spiro atoms. The summed E-state index contributed by atoms with van der Waals surface area (Å²) in [6, 6.07) is 3.52. The number of nitro groups is 1. The summed E-state index contributed by atoms with van der Waals surface area (Å²) in [5.74, 6) is 0. The lowest BCUT2D eigenvalue weighted by molar-refractivity contribution is -0.384. The predicted molar refractivity (Wildman–Crippen MR) is 80.2 cm³/mol. The highest BCUT2D eigenvalue weighted by Crippen LogP contribution is 2.27. The fourth-order valence-electron chi connectivity index (χ4n) is 2.20. The first-order valence-corrected chi connectivity index (χ1v) is 8.17. The number of benzene rings is 1. The first kappa shape index (κ1) is 16.6. The van der Waals surface area contributed by atoms with Gasteiger partial charge in [0.15, 0.2) is 0 Å². The molecule has 2 rings (SSSR count). The van der Waals surface area contributed by atoms with Crippen LogP contribution < -0.4 is 10.5 Å². The van der Waals surface area contributed by atoms with Crippen LogP contribution in [0.25, 0.3) is 0 Å². The van der Waals surface area contributed by atoms with Crippen LogP contribution in [-0.4, -0.2) is 57.6 Å². The molecular weight excluding hydrogens is 312 g/mol. The van der Waals surface area contributed by atoms with E-state index in [9.17, 15) is 18.5 Å². The monoisotopic (exact) mass is 330 g/mol. The van der Waals surface area contributed by atoms with Crippen LogP contribution in [0.1, 0.15) is 0 Å². The molecule has 1 aromatic rings. The zero-order valence-corrected chi connectivity index (χ0v) is 12.9. The van der Waals surface area contributed by atoms with E-state index in [0.717, 1.165) is 19.2 Å². The summed E-state index contributed by atoms with van der Waals surface area (Å²) in [5.41, 5.74) is -0.107. The molecule has 0 saturated carbocycles. The summed E-state index contributed by atoms with van der Waals surface area (Å²) in [7, 11) is -2.01. The van der Waals surface area contributed by atoms with Crippen molar-refractivity contribution >= 4 is 21.4 Å². The highest BCUT2D eigenvalue weighted by atomic mass is 32.2. The van der Waals surface area contributed by atoms with Gasteiger partial charge in [0.1, 0.15) is 5.69 Å². The summed E-state index contributed by atoms with van der Waals surface area (Å²) < 4.78 is 28.1. The van der Waals surface area contributed by atoms with Gasteiger partial charge in [-0.15, -0.1) is 0 Å². The summed E-state index contributed by atoms with van der Waals surface area (Å²) in [4.78, 5) is 12.3. The maximum Gasteiger partial charge on any atom is 0.293 e. The summed E-state index contributed by atoms with van der Waals surface area (Å²) in [6.45, 7) is 2.56. The fraction of sp³-hybridized carbons (Fsp3) is 0.500. The summed E-state index contributed by atoms with van der Waals surface area (Å²) in [6.07, 6.45) is -0.0868. The Labute approximate surface area is 128 Å². The number of nitrogens with zero attached hydrogens (tertiary/aromatic N) is 2. The minimum Gasteiger partial charge on any atom is -0.377 e. The van der Waals surface area contributed by atoms with E-state index >= 15 is 0 Å². The van der Waals surface area contributed by atoms with Crippen molar-refractivity contribution in [2.24, 2.45) is 5.14 Å². The van der Waals surface area contributed by atoms with Gasteiger partial charge in [0.25, 0.3) is 5.69 Å². The normalized spacial score (nSPS) is 19.8. The van der Waals surface area contributed by atoms with Crippen molar-refractivity contribution in [3.05, 3.63) is 28.3 Å². The third-order valence-corrected chi connectivity index (χ3v) is 4.27. The van der Waals surface area contributed by atoms with Crippen molar-refractivity contribution in [1.82, 2.24) is 4.90 Å². The summed E-state index contributed by atoms with van der Waals surface area (Å²) >= 11 is 0. The number of primary sulfonamides is 1. The lowest BCUT2D eigenvalue weighted by Gasteiger charge is -2.30. The zero-order valence-electron chi connectivity index (χ0n) is 12.1. The van der Waals surface area contributed by atoms with E-state index in [4.69, 9.17) is 9.88 Å². The SMILES string of the molecule is CN1CCO[C@@H](CNc2ccc(S(N)(=O)=O)cc2[N+](=O)[O-])C1. The zero-order chi connectivity index (χ0) is 16.3. The molecule has 10 heteroatoms. The Hall–Kier alpha value is -1.75. The number of sulfonamides is 1. The van der Waals surface area contributed by atoms with E-state index in [0.29, 0.717) is 13.2 Å². The van der Waals surface area contributed by atoms with Crippen molar-refractivity contribution in [2.45, 2.75) is 11.0 Å². The van der Waals surface area contributed by atoms with Crippen molar-refractivity contribution in [3.8, 4) is 0 Å². The maximum absolute atomic E-state index is 11.3. The molecule has 0 aliphatic carbocycles. The number of anilines is 1. The second-order valence-corrected chi connectivity index (χ2v) is 6.68. The van der Waals surface area contributed by atoms with Gasteiger partial charge in [0, 0.05) is 25.7 Å². The molecular formula is C12H18N4O5S. The smallest absolute Gasteiger partial charge is 0.293 e. The molecule has 1 aromatic carbocycles. The molecule has 1 fully saturated rings. The number of nitro benzene ring substituents is 1. The molecule has 1 saturated heterocycles. The van der Waals surface area contributed by atoms with Crippen LogP contribution >= 0.6 is 0 Å². The number of hydrogen-bond donors (Lipinski definition) is 2. The van der Waals surface area contributed by atoms with Gasteiger partial charge >= 0.3 is 0 Å². The number of rotatable bonds is 5. The van der Waals surface area contributed by atoms with Gasteiger partial charge in [0.2, 0.25) is 10.0 Å². The van der Waals surface area contributed by atoms with E-state index in [1.165, 1.54) is 12.1 Å². The number of ether oxygens (including phenoxy) is 1. The molecule has 22 heavy (non-hydrogen) atoms. The number of likely N-dealkylation sites (N-methyl/N-ethyl adjacent to an activating group) is 1. The molecule has 1 aliphatic rings. The largest absolute Gasteiger partial charge is 0.377 e. The van der Waals surface area contributed by atoms with Crippen LogP contribution in [0.2, 0.25) is 0 Å². The first-order chi connectivity index (χ1) is 10.3. The van der Waals surface area contributed by atoms with Gasteiger partial charge < -0.3 is 15.0 Å². The van der Waals surface area contributed by atoms with Gasteiger partial charge in [-0.05, 0) is 19.2 Å². The van der Waals surface area contributed by atoms with E-state index in [-0.39, 0.29) is 22.4 Å². The van der Waals surface area contributed by atoms with Gasteiger partial charge in [-0.3, -0.25) is 10.1 Å². The van der Waals surface area contributed by atoms with Crippen LogP contribution in [0, 0.1) is 10.1 Å². The van der Waals surface area contributed by atoms with E-state index in [1.54, 1.807) is 0 Å². The number of morpholine rings is 1. The van der Waals surface area contributed by atoms with Gasteiger partial charge in [-0.1, -0.05) is 0 Å². The Morgan fingerprint density at radius 2 is 2.27 bits per heavy atom. The molecule has 1 atom stereocenters. The Morgan fingerprint density at radius 1 is 1.55 bits per heavy atom. The maximum atomic E-state index is 11.3. The topological polar surface area (TPSA) is 128 Å². The van der Waals surface area contributed by atoms with Crippen LogP contribution in [0.4, 0.5) is 11.4 Å². The van der Waals surface area contributed by atoms with Crippen molar-refractivity contribution in [2.75, 3.05) is 38.6 Å². The van der Waals surface area contributed by atoms with E-state index < -0.39 is 14.9 Å². The van der Waals surface area contributed by atoms with Gasteiger partial charge in [-0.2, -0.15) is 0 Å². The standard InChI is InChI=1S/C12H18N4O5S/c1-15-4-5-21-9(8-15)7-14-11-3-2-10(22(13,19)20)6-12(11)16(17)18/h2-3,6,9,14H,4-5,7-8H2,1H3,(H2,13,19,20)/t9-/m0/s1. The third-order valence-electron chi connectivity index (χ3n) is 3.36. The molecule has 0 aromatic heterocycles. The van der Waals surface area contributed by atoms with Crippen molar-refractivity contribution in [3.63, 3.8) is 0 Å². The lowest BCUT2D eigenvalue weighted by Crippen LogP contribution is -2.43. The minimum atomic E-state index is -3.98. The van der Waals surface area contributed by atoms with Crippen LogP contribution in [0.3, 0.4) is 0 Å². The average Bonchev–Trinajstić information content (AvgIpc) is 2.44. The molecule has 9 nitrogen and oxygen atoms in total. The van der Waals surface area contributed by atoms with Crippen molar-refractivity contribution < 1.29 is 18.1 Å². The molecule has 0 bridgehead atoms. The fourth-order valence-corrected chi connectivity index (χ4v) is 2.74.